The van der Waals surface area contributed by atoms with Crippen LogP contribution in [0.4, 0.5) is 5.69 Å². The molecule has 2 aromatic carbocycles. The number of ether oxygens (including phenoxy) is 2. The lowest BCUT2D eigenvalue weighted by Crippen LogP contribution is -2.44. The minimum Gasteiger partial charge on any atom is -0.465 e. The molecule has 0 saturated carbocycles. The summed E-state index contributed by atoms with van der Waals surface area (Å²) in [6.07, 6.45) is 1.25. The normalized spacial score (nSPS) is 15.9. The predicted molar refractivity (Wildman–Crippen MR) is 102 cm³/mol. The Balaban J connectivity index is 1.84. The van der Waals surface area contributed by atoms with Crippen LogP contribution in [0.2, 0.25) is 0 Å². The molecule has 5 nitrogen and oxygen atoms in total. The van der Waals surface area contributed by atoms with Crippen molar-refractivity contribution in [1.82, 2.24) is 0 Å². The molecule has 0 spiro atoms. The molecular formula is C20H20BrNO4. The molecule has 6 heteroatoms. The molecule has 136 valence electrons. The second-order valence-electron chi connectivity index (χ2n) is 6.22. The monoisotopic (exact) mass is 417 g/mol. The number of amides is 1. The maximum absolute atomic E-state index is 13.2. The SMILES string of the molecule is COC(=O)c1ccc(NC(=O)C2(c3ccc(Br)cc3)CCOCC2)cc1. The molecule has 1 aliphatic rings. The first-order valence-electron chi connectivity index (χ1n) is 8.39. The van der Waals surface area contributed by atoms with Gasteiger partial charge in [0.25, 0.3) is 0 Å². The molecule has 3 rings (SSSR count). The molecule has 0 atom stereocenters. The average Bonchev–Trinajstić information content (AvgIpc) is 2.69. The third-order valence-electron chi connectivity index (χ3n) is 4.74. The fourth-order valence-electron chi connectivity index (χ4n) is 3.19. The van der Waals surface area contributed by atoms with E-state index in [2.05, 4.69) is 21.2 Å². The van der Waals surface area contributed by atoms with Crippen LogP contribution in [0.5, 0.6) is 0 Å². The van der Waals surface area contributed by atoms with Gasteiger partial charge >= 0.3 is 5.97 Å². The van der Waals surface area contributed by atoms with Crippen LogP contribution in [0.3, 0.4) is 0 Å². The highest BCUT2D eigenvalue weighted by molar-refractivity contribution is 9.10. The van der Waals surface area contributed by atoms with E-state index in [9.17, 15) is 9.59 Å². The Bertz CT molecular complexity index is 780. The fraction of sp³-hybridized carbons (Fsp3) is 0.300. The number of esters is 1. The topological polar surface area (TPSA) is 64.6 Å². The van der Waals surface area contributed by atoms with Crippen molar-refractivity contribution in [3.63, 3.8) is 0 Å². The molecule has 0 radical (unpaired) electrons. The van der Waals surface area contributed by atoms with Gasteiger partial charge in [-0.3, -0.25) is 4.79 Å². The molecule has 0 aliphatic carbocycles. The fourth-order valence-corrected chi connectivity index (χ4v) is 3.46. The Labute approximate surface area is 160 Å². The van der Waals surface area contributed by atoms with Crippen LogP contribution in [0.1, 0.15) is 28.8 Å². The molecule has 26 heavy (non-hydrogen) atoms. The third kappa shape index (κ3) is 3.81. The van der Waals surface area contributed by atoms with E-state index in [1.54, 1.807) is 24.3 Å². The molecule has 1 saturated heterocycles. The molecule has 0 unspecified atom stereocenters. The van der Waals surface area contributed by atoms with E-state index in [1.165, 1.54) is 7.11 Å². The highest BCUT2D eigenvalue weighted by Gasteiger charge is 2.41. The molecule has 0 bridgehead atoms. The molecule has 1 N–H and O–H groups in total. The van der Waals surface area contributed by atoms with E-state index >= 15 is 0 Å². The summed E-state index contributed by atoms with van der Waals surface area (Å²) in [5.41, 5.74) is 1.44. The average molecular weight is 418 g/mol. The zero-order chi connectivity index (χ0) is 18.6. The van der Waals surface area contributed by atoms with Crippen molar-refractivity contribution in [2.75, 3.05) is 25.6 Å². The van der Waals surface area contributed by atoms with Crippen LogP contribution >= 0.6 is 15.9 Å². The number of halogens is 1. The zero-order valence-corrected chi connectivity index (χ0v) is 16.0. The summed E-state index contributed by atoms with van der Waals surface area (Å²) in [6, 6.07) is 14.5. The molecule has 1 fully saturated rings. The first kappa shape index (κ1) is 18.6. The second kappa shape index (κ2) is 8.01. The largest absolute Gasteiger partial charge is 0.465 e. The Morgan fingerprint density at radius 2 is 1.65 bits per heavy atom. The molecule has 1 amide bonds. The lowest BCUT2D eigenvalue weighted by molar-refractivity contribution is -0.125. The highest BCUT2D eigenvalue weighted by Crippen LogP contribution is 2.36. The third-order valence-corrected chi connectivity index (χ3v) is 5.27. The van der Waals surface area contributed by atoms with Gasteiger partial charge in [0.05, 0.1) is 18.1 Å². The van der Waals surface area contributed by atoms with E-state index in [-0.39, 0.29) is 5.91 Å². The second-order valence-corrected chi connectivity index (χ2v) is 7.14. The lowest BCUT2D eigenvalue weighted by Gasteiger charge is -2.36. The molecular weight excluding hydrogens is 398 g/mol. The first-order valence-corrected chi connectivity index (χ1v) is 9.18. The van der Waals surface area contributed by atoms with Gasteiger partial charge in [0.1, 0.15) is 0 Å². The molecule has 0 aromatic heterocycles. The Kier molecular flexibility index (Phi) is 5.74. The number of carbonyl (C=O) groups is 2. The van der Waals surface area contributed by atoms with E-state index in [0.717, 1.165) is 10.0 Å². The predicted octanol–water partition coefficient (Wildman–Crippen LogP) is 3.92. The number of anilines is 1. The van der Waals surface area contributed by atoms with E-state index < -0.39 is 11.4 Å². The van der Waals surface area contributed by atoms with Crippen LogP contribution in [0, 0.1) is 0 Å². The lowest BCUT2D eigenvalue weighted by atomic mass is 9.73. The number of benzene rings is 2. The van der Waals surface area contributed by atoms with Gasteiger partial charge < -0.3 is 14.8 Å². The van der Waals surface area contributed by atoms with E-state index in [4.69, 9.17) is 9.47 Å². The summed E-state index contributed by atoms with van der Waals surface area (Å²) in [6.45, 7) is 1.09. The maximum Gasteiger partial charge on any atom is 0.337 e. The van der Waals surface area contributed by atoms with Crippen LogP contribution in [0.25, 0.3) is 0 Å². The van der Waals surface area contributed by atoms with E-state index in [1.807, 2.05) is 24.3 Å². The van der Waals surface area contributed by atoms with Crippen molar-refractivity contribution >= 4 is 33.5 Å². The van der Waals surface area contributed by atoms with E-state index in [0.29, 0.717) is 37.3 Å². The van der Waals surface area contributed by atoms with Crippen molar-refractivity contribution in [3.05, 3.63) is 64.1 Å². The van der Waals surface area contributed by atoms with Crippen molar-refractivity contribution < 1.29 is 19.1 Å². The minimum atomic E-state index is -0.625. The van der Waals surface area contributed by atoms with Gasteiger partial charge in [-0.1, -0.05) is 28.1 Å². The zero-order valence-electron chi connectivity index (χ0n) is 14.5. The summed E-state index contributed by atoms with van der Waals surface area (Å²) in [5.74, 6) is -0.465. The summed E-state index contributed by atoms with van der Waals surface area (Å²) in [4.78, 5) is 24.7. The van der Waals surface area contributed by atoms with Crippen LogP contribution in [-0.2, 0) is 19.7 Å². The number of hydrogen-bond acceptors (Lipinski definition) is 4. The Morgan fingerprint density at radius 3 is 2.23 bits per heavy atom. The first-order chi connectivity index (χ1) is 12.5. The van der Waals surface area contributed by atoms with Gasteiger partial charge in [-0.25, -0.2) is 4.79 Å². The Hall–Kier alpha value is -2.18. The number of nitrogens with one attached hydrogen (secondary N) is 1. The summed E-state index contributed by atoms with van der Waals surface area (Å²) in [7, 11) is 1.34. The van der Waals surface area contributed by atoms with Gasteiger partial charge in [-0.2, -0.15) is 0 Å². The molecule has 1 aliphatic heterocycles. The van der Waals surface area contributed by atoms with Crippen LogP contribution < -0.4 is 5.32 Å². The highest BCUT2D eigenvalue weighted by atomic mass is 79.9. The van der Waals surface area contributed by atoms with Gasteiger partial charge in [-0.15, -0.1) is 0 Å². The number of carbonyl (C=O) groups excluding carboxylic acids is 2. The quantitative estimate of drug-likeness (QED) is 0.765. The number of hydrogen-bond donors (Lipinski definition) is 1. The molecule has 1 heterocycles. The van der Waals surface area contributed by atoms with Crippen molar-refractivity contribution in [3.8, 4) is 0 Å². The smallest absolute Gasteiger partial charge is 0.337 e. The van der Waals surface area contributed by atoms with Crippen molar-refractivity contribution in [2.24, 2.45) is 0 Å². The van der Waals surface area contributed by atoms with Gasteiger partial charge in [0, 0.05) is 23.4 Å². The summed E-state index contributed by atoms with van der Waals surface area (Å²) < 4.78 is 11.2. The van der Waals surface area contributed by atoms with Crippen molar-refractivity contribution in [2.45, 2.75) is 18.3 Å². The molecule has 2 aromatic rings. The maximum atomic E-state index is 13.2. The summed E-state index contributed by atoms with van der Waals surface area (Å²) >= 11 is 3.44. The van der Waals surface area contributed by atoms with Gasteiger partial charge in [0.2, 0.25) is 5.91 Å². The van der Waals surface area contributed by atoms with Gasteiger partial charge in [0.15, 0.2) is 0 Å². The Morgan fingerprint density at radius 1 is 1.04 bits per heavy atom. The number of rotatable bonds is 4. The van der Waals surface area contributed by atoms with Crippen LogP contribution in [-0.4, -0.2) is 32.2 Å². The van der Waals surface area contributed by atoms with Gasteiger partial charge in [-0.05, 0) is 54.8 Å². The van der Waals surface area contributed by atoms with Crippen LogP contribution in [0.15, 0.2) is 53.0 Å². The standard InChI is InChI=1S/C20H20BrNO4/c1-25-18(23)14-2-8-17(9-3-14)22-19(24)20(10-12-26-13-11-20)15-4-6-16(21)7-5-15/h2-9H,10-13H2,1H3,(H,22,24). The number of methoxy groups -OCH3 is 1. The summed E-state index contributed by atoms with van der Waals surface area (Å²) in [5, 5.41) is 2.99. The van der Waals surface area contributed by atoms with Crippen molar-refractivity contribution in [1.29, 1.82) is 0 Å². The minimum absolute atomic E-state index is 0.0612.